The highest BCUT2D eigenvalue weighted by molar-refractivity contribution is 7.12. The molecule has 1 N–H and O–H groups in total. The Labute approximate surface area is 99.5 Å². The molecule has 2 saturated heterocycles. The molecule has 86 valence electrons. The molecule has 0 radical (unpaired) electrons. The zero-order valence-corrected chi connectivity index (χ0v) is 10.2. The highest BCUT2D eigenvalue weighted by Gasteiger charge is 2.43. The van der Waals surface area contributed by atoms with Gasteiger partial charge in [0.2, 0.25) is 0 Å². The smallest absolute Gasteiger partial charge is 0.264 e. The molecule has 3 rings (SSSR count). The fraction of sp³-hybridized carbons (Fsp3) is 0.583. The molecule has 4 heteroatoms. The highest BCUT2D eigenvalue weighted by Crippen LogP contribution is 2.33. The Kier molecular flexibility index (Phi) is 2.48. The third-order valence-corrected chi connectivity index (χ3v) is 4.79. The minimum Gasteiger partial charge on any atom is -0.335 e. The second-order valence-electron chi connectivity index (χ2n) is 4.76. The molecule has 0 bridgehead atoms. The van der Waals surface area contributed by atoms with E-state index in [2.05, 4.69) is 17.1 Å². The van der Waals surface area contributed by atoms with Gasteiger partial charge >= 0.3 is 0 Å². The van der Waals surface area contributed by atoms with Crippen LogP contribution in [0.5, 0.6) is 0 Å². The Morgan fingerprint density at radius 2 is 2.44 bits per heavy atom. The normalized spacial score (nSPS) is 33.1. The quantitative estimate of drug-likeness (QED) is 0.800. The Morgan fingerprint density at radius 1 is 1.56 bits per heavy atom. The zero-order valence-electron chi connectivity index (χ0n) is 9.35. The first-order valence-corrected chi connectivity index (χ1v) is 6.70. The summed E-state index contributed by atoms with van der Waals surface area (Å²) < 4.78 is 0. The molecule has 1 aromatic rings. The molecule has 0 aliphatic carbocycles. The van der Waals surface area contributed by atoms with Crippen LogP contribution in [0.4, 0.5) is 0 Å². The molecule has 2 fully saturated rings. The largest absolute Gasteiger partial charge is 0.335 e. The van der Waals surface area contributed by atoms with E-state index in [9.17, 15) is 4.79 Å². The van der Waals surface area contributed by atoms with Gasteiger partial charge in [-0.1, -0.05) is 6.07 Å². The Bertz CT molecular complexity index is 390. The fourth-order valence-corrected chi connectivity index (χ4v) is 3.66. The summed E-state index contributed by atoms with van der Waals surface area (Å²) in [4.78, 5) is 15.2. The Morgan fingerprint density at radius 3 is 3.12 bits per heavy atom. The van der Waals surface area contributed by atoms with Crippen molar-refractivity contribution in [3.05, 3.63) is 22.4 Å². The van der Waals surface area contributed by atoms with E-state index in [0.29, 0.717) is 17.9 Å². The van der Waals surface area contributed by atoms with Gasteiger partial charge in [0, 0.05) is 25.7 Å². The predicted octanol–water partition coefficient (Wildman–Crippen LogP) is 1.43. The van der Waals surface area contributed by atoms with Crippen molar-refractivity contribution in [2.24, 2.45) is 11.8 Å². The van der Waals surface area contributed by atoms with Gasteiger partial charge in [0.1, 0.15) is 0 Å². The van der Waals surface area contributed by atoms with Crippen LogP contribution in [0.1, 0.15) is 16.6 Å². The van der Waals surface area contributed by atoms with E-state index in [4.69, 9.17) is 0 Å². The maximum Gasteiger partial charge on any atom is 0.264 e. The third-order valence-electron chi connectivity index (χ3n) is 3.93. The number of fused-ring (bicyclic) bond motifs is 1. The van der Waals surface area contributed by atoms with Crippen molar-refractivity contribution in [3.8, 4) is 0 Å². The summed E-state index contributed by atoms with van der Waals surface area (Å²) in [5.41, 5.74) is 0. The van der Waals surface area contributed by atoms with Crippen LogP contribution in [0, 0.1) is 11.8 Å². The molecule has 3 atom stereocenters. The number of likely N-dealkylation sites (tertiary alicyclic amines) is 1. The van der Waals surface area contributed by atoms with E-state index in [-0.39, 0.29) is 5.91 Å². The second kappa shape index (κ2) is 3.86. The highest BCUT2D eigenvalue weighted by atomic mass is 32.1. The molecule has 0 saturated carbocycles. The number of nitrogens with one attached hydrogen (secondary N) is 1. The topological polar surface area (TPSA) is 32.3 Å². The van der Waals surface area contributed by atoms with Crippen molar-refractivity contribution < 1.29 is 4.79 Å². The number of carbonyl (C=O) groups is 1. The van der Waals surface area contributed by atoms with E-state index in [1.807, 2.05) is 17.5 Å². The van der Waals surface area contributed by atoms with Crippen molar-refractivity contribution in [1.29, 1.82) is 0 Å². The summed E-state index contributed by atoms with van der Waals surface area (Å²) in [5, 5.41) is 5.38. The molecular weight excluding hydrogens is 220 g/mol. The molecule has 3 heterocycles. The minimum absolute atomic E-state index is 0.219. The third kappa shape index (κ3) is 1.48. The van der Waals surface area contributed by atoms with Crippen molar-refractivity contribution in [3.63, 3.8) is 0 Å². The summed E-state index contributed by atoms with van der Waals surface area (Å²) in [6, 6.07) is 4.25. The van der Waals surface area contributed by atoms with Crippen LogP contribution in [0.25, 0.3) is 0 Å². The maximum atomic E-state index is 12.3. The zero-order chi connectivity index (χ0) is 11.1. The minimum atomic E-state index is 0.219. The fourth-order valence-electron chi connectivity index (χ4n) is 2.98. The van der Waals surface area contributed by atoms with Crippen molar-refractivity contribution in [2.75, 3.05) is 19.6 Å². The lowest BCUT2D eigenvalue weighted by Crippen LogP contribution is -2.37. The van der Waals surface area contributed by atoms with Crippen molar-refractivity contribution in [1.82, 2.24) is 10.2 Å². The molecule has 2 aliphatic rings. The molecule has 1 aromatic heterocycles. The van der Waals surface area contributed by atoms with E-state index in [1.165, 1.54) is 0 Å². The average Bonchev–Trinajstić information content (AvgIpc) is 2.95. The Hall–Kier alpha value is -0.870. The van der Waals surface area contributed by atoms with Crippen molar-refractivity contribution >= 4 is 17.2 Å². The van der Waals surface area contributed by atoms with Gasteiger partial charge in [-0.2, -0.15) is 0 Å². The van der Waals surface area contributed by atoms with Gasteiger partial charge < -0.3 is 10.2 Å². The first-order valence-electron chi connectivity index (χ1n) is 5.82. The summed E-state index contributed by atoms with van der Waals surface area (Å²) in [5.74, 6) is 1.54. The molecule has 1 amide bonds. The van der Waals surface area contributed by atoms with E-state index in [1.54, 1.807) is 11.3 Å². The number of hydrogen-bond acceptors (Lipinski definition) is 3. The number of carbonyl (C=O) groups excluding carboxylic acids is 1. The number of thiophene rings is 1. The number of rotatable bonds is 1. The molecule has 0 aromatic carbocycles. The monoisotopic (exact) mass is 236 g/mol. The molecular formula is C12H16N2OS. The number of nitrogens with zero attached hydrogens (tertiary/aromatic N) is 1. The first-order chi connectivity index (χ1) is 7.77. The summed E-state index contributed by atoms with van der Waals surface area (Å²) in [6.45, 7) is 5.25. The van der Waals surface area contributed by atoms with E-state index in [0.717, 1.165) is 24.5 Å². The number of amides is 1. The van der Waals surface area contributed by atoms with Gasteiger partial charge in [-0.05, 0) is 30.2 Å². The van der Waals surface area contributed by atoms with Crippen LogP contribution < -0.4 is 5.32 Å². The van der Waals surface area contributed by atoms with Crippen LogP contribution in [0.3, 0.4) is 0 Å². The number of hydrogen-bond donors (Lipinski definition) is 1. The van der Waals surface area contributed by atoms with Crippen LogP contribution in [-0.2, 0) is 0 Å². The summed E-state index contributed by atoms with van der Waals surface area (Å²) in [6.07, 6.45) is 0. The van der Waals surface area contributed by atoms with E-state index < -0.39 is 0 Å². The predicted molar refractivity (Wildman–Crippen MR) is 64.7 cm³/mol. The second-order valence-corrected chi connectivity index (χ2v) is 5.71. The van der Waals surface area contributed by atoms with Crippen LogP contribution >= 0.6 is 11.3 Å². The van der Waals surface area contributed by atoms with E-state index >= 15 is 0 Å². The lowest BCUT2D eigenvalue weighted by Gasteiger charge is -2.23. The van der Waals surface area contributed by atoms with Gasteiger partial charge in [0.25, 0.3) is 5.91 Å². The SMILES string of the molecule is CC1C2CNCC2CN1C(=O)c1cccs1. The molecule has 3 nitrogen and oxygen atoms in total. The van der Waals surface area contributed by atoms with Crippen LogP contribution in [-0.4, -0.2) is 36.5 Å². The van der Waals surface area contributed by atoms with Gasteiger partial charge in [-0.15, -0.1) is 11.3 Å². The van der Waals surface area contributed by atoms with Crippen LogP contribution in [0.2, 0.25) is 0 Å². The van der Waals surface area contributed by atoms with Gasteiger partial charge in [-0.25, -0.2) is 0 Å². The van der Waals surface area contributed by atoms with Gasteiger partial charge in [0.05, 0.1) is 4.88 Å². The molecule has 0 spiro atoms. The summed E-state index contributed by atoms with van der Waals surface area (Å²) >= 11 is 1.54. The first kappa shape index (κ1) is 10.3. The average molecular weight is 236 g/mol. The lowest BCUT2D eigenvalue weighted by molar-refractivity contribution is 0.0733. The summed E-state index contributed by atoms with van der Waals surface area (Å²) in [7, 11) is 0. The van der Waals surface area contributed by atoms with Crippen LogP contribution in [0.15, 0.2) is 17.5 Å². The molecule has 3 unspecified atom stereocenters. The van der Waals surface area contributed by atoms with Gasteiger partial charge in [0.15, 0.2) is 0 Å². The standard InChI is InChI=1S/C12H16N2OS/c1-8-10-6-13-5-9(10)7-14(8)12(15)11-3-2-4-16-11/h2-4,8-10,13H,5-7H2,1H3. The molecule has 2 aliphatic heterocycles. The molecule has 16 heavy (non-hydrogen) atoms. The van der Waals surface area contributed by atoms with Crippen molar-refractivity contribution in [2.45, 2.75) is 13.0 Å². The lowest BCUT2D eigenvalue weighted by atomic mass is 9.95. The maximum absolute atomic E-state index is 12.3. The Balaban J connectivity index is 1.79. The van der Waals surface area contributed by atoms with Gasteiger partial charge in [-0.3, -0.25) is 4.79 Å².